The van der Waals surface area contributed by atoms with Crippen LogP contribution in [0.3, 0.4) is 0 Å². The smallest absolute Gasteiger partial charge is 0.296 e. The van der Waals surface area contributed by atoms with Gasteiger partial charge in [-0.2, -0.15) is 13.2 Å². The van der Waals surface area contributed by atoms with Gasteiger partial charge < -0.3 is 0 Å². The quantitative estimate of drug-likeness (QED) is 0.530. The molecule has 92 valence electrons. The van der Waals surface area contributed by atoms with Crippen molar-refractivity contribution in [2.24, 2.45) is 5.41 Å². The number of likely N-dealkylation sites (tertiary alicyclic amines) is 1. The van der Waals surface area contributed by atoms with Gasteiger partial charge in [-0.3, -0.25) is 4.90 Å². The fourth-order valence-corrected chi connectivity index (χ4v) is 1.88. The van der Waals surface area contributed by atoms with E-state index in [4.69, 9.17) is 0 Å². The summed E-state index contributed by atoms with van der Waals surface area (Å²) in [7, 11) is 0. The van der Waals surface area contributed by atoms with E-state index in [1.807, 2.05) is 0 Å². The minimum atomic E-state index is -4.47. The molecule has 16 heavy (non-hydrogen) atoms. The Kier molecular flexibility index (Phi) is 3.79. The normalized spacial score (nSPS) is 26.9. The second-order valence-electron chi connectivity index (χ2n) is 3.83. The Balaban J connectivity index is 2.80. The van der Waals surface area contributed by atoms with Crippen LogP contribution in [0, 0.1) is 17.3 Å². The summed E-state index contributed by atoms with van der Waals surface area (Å²) in [5.74, 6) is 4.39. The zero-order valence-electron chi connectivity index (χ0n) is 8.74. The number of hydrogen-bond acceptors (Lipinski definition) is 1. The van der Waals surface area contributed by atoms with E-state index in [9.17, 15) is 22.0 Å². The monoisotopic (exact) mass is 241 g/mol. The van der Waals surface area contributed by atoms with Gasteiger partial charge in [-0.1, -0.05) is 5.92 Å². The maximum Gasteiger partial charge on any atom is 0.406 e. The Hall–Kier alpha value is -0.830. The average molecular weight is 241 g/mol. The van der Waals surface area contributed by atoms with Gasteiger partial charge in [-0.25, -0.2) is 8.78 Å². The molecule has 0 aromatic heterocycles. The zero-order valence-corrected chi connectivity index (χ0v) is 8.74. The van der Waals surface area contributed by atoms with E-state index in [-0.39, 0.29) is 13.0 Å². The first kappa shape index (κ1) is 13.2. The largest absolute Gasteiger partial charge is 0.406 e. The van der Waals surface area contributed by atoms with E-state index in [0.717, 1.165) is 4.90 Å². The first-order valence-corrected chi connectivity index (χ1v) is 4.82. The van der Waals surface area contributed by atoms with E-state index in [1.165, 1.54) is 6.92 Å². The molecule has 1 heterocycles. The Morgan fingerprint density at radius 2 is 2.00 bits per heavy atom. The summed E-state index contributed by atoms with van der Waals surface area (Å²) in [6.45, 7) is 0.257. The van der Waals surface area contributed by atoms with Crippen LogP contribution < -0.4 is 0 Å². The number of hydrogen-bond donors (Lipinski definition) is 0. The van der Waals surface area contributed by atoms with Crippen molar-refractivity contribution in [1.82, 2.24) is 4.90 Å². The Labute approximate surface area is 90.6 Å². The second-order valence-corrected chi connectivity index (χ2v) is 3.83. The molecule has 0 aliphatic carbocycles. The fraction of sp³-hybridized carbons (Fsp3) is 0.800. The van der Waals surface area contributed by atoms with Crippen LogP contribution in [-0.2, 0) is 0 Å². The molecule has 1 aliphatic rings. The molecule has 1 fully saturated rings. The Morgan fingerprint density at radius 1 is 1.38 bits per heavy atom. The van der Waals surface area contributed by atoms with Crippen LogP contribution in [0.4, 0.5) is 22.0 Å². The van der Waals surface area contributed by atoms with E-state index >= 15 is 0 Å². The summed E-state index contributed by atoms with van der Waals surface area (Å²) in [5.41, 5.74) is -2.13. The second kappa shape index (κ2) is 4.58. The van der Waals surface area contributed by atoms with Gasteiger partial charge in [0.25, 0.3) is 6.43 Å². The van der Waals surface area contributed by atoms with E-state index in [1.54, 1.807) is 0 Å². The number of rotatable bonds is 2. The van der Waals surface area contributed by atoms with Gasteiger partial charge in [0.05, 0.1) is 6.54 Å². The summed E-state index contributed by atoms with van der Waals surface area (Å²) in [6, 6.07) is 0. The number of alkyl halides is 5. The van der Waals surface area contributed by atoms with E-state index < -0.39 is 31.1 Å². The molecule has 0 radical (unpaired) electrons. The highest BCUT2D eigenvalue weighted by Crippen LogP contribution is 2.45. The summed E-state index contributed by atoms with van der Waals surface area (Å²) < 4.78 is 62.5. The van der Waals surface area contributed by atoms with Gasteiger partial charge >= 0.3 is 6.18 Å². The lowest BCUT2D eigenvalue weighted by Gasteiger charge is -2.26. The van der Waals surface area contributed by atoms with Gasteiger partial charge in [0.15, 0.2) is 0 Å². The van der Waals surface area contributed by atoms with Crippen LogP contribution in [-0.4, -0.2) is 37.1 Å². The van der Waals surface area contributed by atoms with Gasteiger partial charge in [-0.15, -0.1) is 5.92 Å². The summed E-state index contributed by atoms with van der Waals surface area (Å²) >= 11 is 0. The van der Waals surface area contributed by atoms with Crippen LogP contribution in [0.2, 0.25) is 0 Å². The number of halogens is 5. The number of nitrogens with zero attached hydrogens (tertiary/aromatic N) is 1. The summed E-state index contributed by atoms with van der Waals surface area (Å²) in [5, 5.41) is 0. The van der Waals surface area contributed by atoms with Crippen molar-refractivity contribution in [2.75, 3.05) is 19.6 Å². The fourth-order valence-electron chi connectivity index (χ4n) is 1.88. The minimum absolute atomic E-state index is 0.0124. The molecule has 6 heteroatoms. The average Bonchev–Trinajstić information content (AvgIpc) is 2.48. The van der Waals surface area contributed by atoms with Gasteiger partial charge in [0.2, 0.25) is 0 Å². The van der Waals surface area contributed by atoms with Crippen LogP contribution in [0.1, 0.15) is 13.3 Å². The SMILES string of the molecule is CC#CC1(C(F)(F)F)CCN(CC(F)F)C1. The van der Waals surface area contributed by atoms with Crippen molar-refractivity contribution in [2.45, 2.75) is 25.9 Å². The molecule has 1 aliphatic heterocycles. The van der Waals surface area contributed by atoms with E-state index in [2.05, 4.69) is 11.8 Å². The minimum Gasteiger partial charge on any atom is -0.296 e. The molecule has 1 unspecified atom stereocenters. The topological polar surface area (TPSA) is 3.24 Å². The molecule has 0 aromatic carbocycles. The Bertz CT molecular complexity index is 301. The maximum atomic E-state index is 12.8. The maximum absolute atomic E-state index is 12.8. The van der Waals surface area contributed by atoms with Crippen molar-refractivity contribution >= 4 is 0 Å². The predicted molar refractivity (Wildman–Crippen MR) is 49.0 cm³/mol. The third-order valence-electron chi connectivity index (χ3n) is 2.65. The highest BCUT2D eigenvalue weighted by Gasteiger charge is 2.57. The lowest BCUT2D eigenvalue weighted by Crippen LogP contribution is -2.40. The van der Waals surface area contributed by atoms with Gasteiger partial charge in [0.1, 0.15) is 5.41 Å². The molecular weight excluding hydrogens is 229 g/mol. The van der Waals surface area contributed by atoms with Crippen LogP contribution in [0.25, 0.3) is 0 Å². The zero-order chi connectivity index (χ0) is 12.4. The van der Waals surface area contributed by atoms with Crippen molar-refractivity contribution in [3.63, 3.8) is 0 Å². The van der Waals surface area contributed by atoms with Crippen molar-refractivity contribution < 1.29 is 22.0 Å². The van der Waals surface area contributed by atoms with Gasteiger partial charge in [0, 0.05) is 13.1 Å². The third kappa shape index (κ3) is 2.64. The summed E-state index contributed by atoms with van der Waals surface area (Å²) in [6.07, 6.45) is -7.31. The standard InChI is InChI=1S/C10H12F5N/c1-2-3-9(10(13,14)15)4-5-16(7-9)6-8(11)12/h8H,4-7H2,1H3. The molecule has 0 bridgehead atoms. The molecule has 0 aromatic rings. The third-order valence-corrected chi connectivity index (χ3v) is 2.65. The van der Waals surface area contributed by atoms with Crippen LogP contribution in [0.15, 0.2) is 0 Å². The molecule has 1 nitrogen and oxygen atoms in total. The van der Waals surface area contributed by atoms with Crippen molar-refractivity contribution in [1.29, 1.82) is 0 Å². The molecule has 1 atom stereocenters. The lowest BCUT2D eigenvalue weighted by molar-refractivity contribution is -0.197. The van der Waals surface area contributed by atoms with Crippen molar-refractivity contribution in [3.8, 4) is 11.8 Å². The molecule has 0 saturated carbocycles. The molecule has 0 amide bonds. The highest BCUT2D eigenvalue weighted by molar-refractivity contribution is 5.17. The van der Waals surface area contributed by atoms with Crippen molar-refractivity contribution in [3.05, 3.63) is 0 Å². The molecule has 1 rings (SSSR count). The predicted octanol–water partition coefficient (Wildman–Crippen LogP) is 2.53. The van der Waals surface area contributed by atoms with Gasteiger partial charge in [-0.05, 0) is 13.3 Å². The summed E-state index contributed by atoms with van der Waals surface area (Å²) in [4.78, 5) is 1.11. The Morgan fingerprint density at radius 3 is 2.44 bits per heavy atom. The van der Waals surface area contributed by atoms with Crippen LogP contribution in [0.5, 0.6) is 0 Å². The van der Waals surface area contributed by atoms with Crippen LogP contribution >= 0.6 is 0 Å². The van der Waals surface area contributed by atoms with E-state index in [0.29, 0.717) is 0 Å². The molecule has 0 N–H and O–H groups in total. The lowest BCUT2D eigenvalue weighted by atomic mass is 9.87. The molecule has 1 saturated heterocycles. The first-order chi connectivity index (χ1) is 7.31. The molecule has 0 spiro atoms. The first-order valence-electron chi connectivity index (χ1n) is 4.82. The highest BCUT2D eigenvalue weighted by atomic mass is 19.4. The molecular formula is C10H12F5N.